The molecular weight excluding hydrogens is 183 g/mol. The van der Waals surface area contributed by atoms with Crippen molar-refractivity contribution in [2.45, 2.75) is 12.5 Å². The number of nitrogens with one attached hydrogen (secondary N) is 1. The first kappa shape index (κ1) is 8.97. The van der Waals surface area contributed by atoms with Gasteiger partial charge in [0, 0.05) is 12.1 Å². The van der Waals surface area contributed by atoms with Crippen molar-refractivity contribution in [1.82, 2.24) is 0 Å². The predicted octanol–water partition coefficient (Wildman–Crippen LogP) is 1.55. The van der Waals surface area contributed by atoms with E-state index in [2.05, 4.69) is 5.32 Å². The fraction of sp³-hybridized carbons (Fsp3) is 0.300. The van der Waals surface area contributed by atoms with Gasteiger partial charge in [0.15, 0.2) is 0 Å². The van der Waals surface area contributed by atoms with Gasteiger partial charge in [0.1, 0.15) is 11.9 Å². The number of hydrogen-bond donors (Lipinski definition) is 2. The lowest BCUT2D eigenvalue weighted by Crippen LogP contribution is -2.17. The summed E-state index contributed by atoms with van der Waals surface area (Å²) in [6.07, 6.45) is -0.129. The van der Waals surface area contributed by atoms with Crippen LogP contribution in [0.15, 0.2) is 12.1 Å². The second-order valence-electron chi connectivity index (χ2n) is 3.26. The molecule has 0 aromatic heterocycles. The molecule has 0 fully saturated rings. The molecule has 1 aromatic carbocycles. The molecule has 0 saturated heterocycles. The Balaban J connectivity index is 2.62. The summed E-state index contributed by atoms with van der Waals surface area (Å²) in [6.45, 7) is 0.606. The van der Waals surface area contributed by atoms with Crippen molar-refractivity contribution in [2.75, 3.05) is 11.9 Å². The Hall–Kier alpha value is -1.60. The SMILES string of the molecule is N#Cc1cc(F)cc2c1NCCC2O. The fourth-order valence-electron chi connectivity index (χ4n) is 1.67. The van der Waals surface area contributed by atoms with Gasteiger partial charge in [0.05, 0.1) is 17.4 Å². The molecular formula is C10H9FN2O. The summed E-state index contributed by atoms with van der Waals surface area (Å²) < 4.78 is 13.0. The van der Waals surface area contributed by atoms with Crippen LogP contribution < -0.4 is 5.32 Å². The van der Waals surface area contributed by atoms with Crippen LogP contribution in [0.25, 0.3) is 0 Å². The summed E-state index contributed by atoms with van der Waals surface area (Å²) in [5, 5.41) is 21.3. The zero-order valence-electron chi connectivity index (χ0n) is 7.42. The summed E-state index contributed by atoms with van der Waals surface area (Å²) in [5.74, 6) is -0.483. The Morgan fingerprint density at radius 1 is 1.57 bits per heavy atom. The van der Waals surface area contributed by atoms with Gasteiger partial charge in [-0.2, -0.15) is 5.26 Å². The first-order valence-corrected chi connectivity index (χ1v) is 4.38. The number of aliphatic hydroxyl groups excluding tert-OH is 1. The number of rotatable bonds is 0. The van der Waals surface area contributed by atoms with Crippen LogP contribution in [0.4, 0.5) is 10.1 Å². The van der Waals surface area contributed by atoms with Crippen LogP contribution >= 0.6 is 0 Å². The lowest BCUT2D eigenvalue weighted by Gasteiger charge is -2.23. The lowest BCUT2D eigenvalue weighted by atomic mass is 9.97. The topological polar surface area (TPSA) is 56.0 Å². The highest BCUT2D eigenvalue weighted by Crippen LogP contribution is 2.32. The van der Waals surface area contributed by atoms with Gasteiger partial charge in [-0.25, -0.2) is 4.39 Å². The molecule has 2 N–H and O–H groups in total. The van der Waals surface area contributed by atoms with Gasteiger partial charge in [0.25, 0.3) is 0 Å². The number of nitriles is 1. The average molecular weight is 192 g/mol. The molecule has 1 unspecified atom stereocenters. The Bertz CT molecular complexity index is 411. The van der Waals surface area contributed by atoms with Crippen molar-refractivity contribution >= 4 is 5.69 Å². The molecule has 1 atom stereocenters. The molecule has 0 bridgehead atoms. The minimum atomic E-state index is -0.672. The lowest BCUT2D eigenvalue weighted by molar-refractivity contribution is 0.168. The molecule has 4 heteroatoms. The normalized spacial score (nSPS) is 19.4. The summed E-state index contributed by atoms with van der Waals surface area (Å²) >= 11 is 0. The van der Waals surface area contributed by atoms with Gasteiger partial charge in [0.2, 0.25) is 0 Å². The van der Waals surface area contributed by atoms with E-state index in [1.807, 2.05) is 6.07 Å². The maximum atomic E-state index is 13.0. The predicted molar refractivity (Wildman–Crippen MR) is 49.2 cm³/mol. The number of nitrogens with zero attached hydrogens (tertiary/aromatic N) is 1. The van der Waals surface area contributed by atoms with E-state index < -0.39 is 11.9 Å². The highest BCUT2D eigenvalue weighted by molar-refractivity contribution is 5.64. The van der Waals surface area contributed by atoms with Gasteiger partial charge in [-0.15, -0.1) is 0 Å². The molecule has 14 heavy (non-hydrogen) atoms. The summed E-state index contributed by atoms with van der Waals surface area (Å²) in [5.41, 5.74) is 1.29. The summed E-state index contributed by atoms with van der Waals surface area (Å²) in [7, 11) is 0. The first-order chi connectivity index (χ1) is 6.72. The molecule has 0 amide bonds. The maximum Gasteiger partial charge on any atom is 0.125 e. The fourth-order valence-corrected chi connectivity index (χ4v) is 1.67. The molecule has 0 radical (unpaired) electrons. The molecule has 1 aliphatic heterocycles. The number of hydrogen-bond acceptors (Lipinski definition) is 3. The number of anilines is 1. The van der Waals surface area contributed by atoms with E-state index in [4.69, 9.17) is 5.26 Å². The summed E-state index contributed by atoms with van der Waals surface area (Å²) in [4.78, 5) is 0. The zero-order valence-corrected chi connectivity index (χ0v) is 7.42. The van der Waals surface area contributed by atoms with Crippen LogP contribution in [0.2, 0.25) is 0 Å². The average Bonchev–Trinajstić information content (AvgIpc) is 2.18. The van der Waals surface area contributed by atoms with Crippen molar-refractivity contribution in [3.8, 4) is 6.07 Å². The molecule has 1 heterocycles. The third-order valence-electron chi connectivity index (χ3n) is 2.33. The van der Waals surface area contributed by atoms with Crippen molar-refractivity contribution in [1.29, 1.82) is 5.26 Å². The number of aliphatic hydroxyl groups is 1. The van der Waals surface area contributed by atoms with Crippen LogP contribution in [-0.2, 0) is 0 Å². The standard InChI is InChI=1S/C10H9FN2O/c11-7-3-6(5-12)10-8(4-7)9(14)1-2-13-10/h3-4,9,13-14H,1-2H2. The smallest absolute Gasteiger partial charge is 0.125 e. The van der Waals surface area contributed by atoms with Crippen LogP contribution in [0.3, 0.4) is 0 Å². The van der Waals surface area contributed by atoms with Gasteiger partial charge in [-0.05, 0) is 18.6 Å². The van der Waals surface area contributed by atoms with Crippen LogP contribution in [0.1, 0.15) is 23.7 Å². The van der Waals surface area contributed by atoms with E-state index in [1.54, 1.807) is 0 Å². The van der Waals surface area contributed by atoms with E-state index in [0.29, 0.717) is 24.2 Å². The van der Waals surface area contributed by atoms with Crippen molar-refractivity contribution in [3.63, 3.8) is 0 Å². The van der Waals surface area contributed by atoms with Crippen molar-refractivity contribution < 1.29 is 9.50 Å². The molecule has 0 aliphatic carbocycles. The Morgan fingerprint density at radius 2 is 2.36 bits per heavy atom. The Kier molecular flexibility index (Phi) is 2.10. The highest BCUT2D eigenvalue weighted by Gasteiger charge is 2.21. The minimum absolute atomic E-state index is 0.249. The zero-order chi connectivity index (χ0) is 10.1. The Labute approximate surface area is 80.8 Å². The minimum Gasteiger partial charge on any atom is -0.388 e. The second kappa shape index (κ2) is 3.28. The van der Waals surface area contributed by atoms with Crippen LogP contribution in [0, 0.1) is 17.1 Å². The third kappa shape index (κ3) is 1.32. The van der Waals surface area contributed by atoms with Gasteiger partial charge < -0.3 is 10.4 Å². The summed E-state index contributed by atoms with van der Waals surface area (Å²) in [6, 6.07) is 4.34. The van der Waals surface area contributed by atoms with Crippen molar-refractivity contribution in [2.24, 2.45) is 0 Å². The second-order valence-corrected chi connectivity index (χ2v) is 3.26. The molecule has 0 saturated carbocycles. The Morgan fingerprint density at radius 3 is 3.07 bits per heavy atom. The maximum absolute atomic E-state index is 13.0. The molecule has 72 valence electrons. The first-order valence-electron chi connectivity index (χ1n) is 4.38. The van der Waals surface area contributed by atoms with E-state index in [9.17, 15) is 9.50 Å². The number of halogens is 1. The molecule has 0 spiro atoms. The van der Waals surface area contributed by atoms with E-state index >= 15 is 0 Å². The molecule has 2 rings (SSSR count). The van der Waals surface area contributed by atoms with Crippen LogP contribution in [0.5, 0.6) is 0 Å². The third-order valence-corrected chi connectivity index (χ3v) is 2.33. The quantitative estimate of drug-likeness (QED) is 0.655. The largest absolute Gasteiger partial charge is 0.388 e. The number of benzene rings is 1. The van der Waals surface area contributed by atoms with E-state index in [-0.39, 0.29) is 5.56 Å². The van der Waals surface area contributed by atoms with Crippen molar-refractivity contribution in [3.05, 3.63) is 29.1 Å². The molecule has 1 aromatic rings. The van der Waals surface area contributed by atoms with E-state index in [0.717, 1.165) is 0 Å². The monoisotopic (exact) mass is 192 g/mol. The molecule has 3 nitrogen and oxygen atoms in total. The van der Waals surface area contributed by atoms with E-state index in [1.165, 1.54) is 12.1 Å². The molecule has 1 aliphatic rings. The number of fused-ring (bicyclic) bond motifs is 1. The van der Waals surface area contributed by atoms with Gasteiger partial charge >= 0.3 is 0 Å². The van der Waals surface area contributed by atoms with Gasteiger partial charge in [-0.3, -0.25) is 0 Å². The van der Waals surface area contributed by atoms with Crippen LogP contribution in [-0.4, -0.2) is 11.7 Å². The highest BCUT2D eigenvalue weighted by atomic mass is 19.1. The van der Waals surface area contributed by atoms with Gasteiger partial charge in [-0.1, -0.05) is 0 Å².